The molecule has 0 bridgehead atoms. The Hall–Kier alpha value is -7.22. The highest BCUT2D eigenvalue weighted by Gasteiger charge is 2.41. The van der Waals surface area contributed by atoms with Gasteiger partial charge >= 0.3 is 0 Å². The van der Waals surface area contributed by atoms with E-state index in [1.54, 1.807) is 48.5 Å². The predicted octanol–water partition coefficient (Wildman–Crippen LogP) is 10.6. The van der Waals surface area contributed by atoms with Crippen molar-refractivity contribution in [1.29, 1.82) is 10.5 Å². The van der Waals surface area contributed by atoms with E-state index in [0.29, 0.717) is 43.8 Å². The second kappa shape index (κ2) is 12.1. The maximum Gasteiger partial charge on any atom is 0.271 e. The Kier molecular flexibility index (Phi) is 7.49. The number of nitriles is 2. The summed E-state index contributed by atoms with van der Waals surface area (Å²) in [6.45, 7) is 23.1. The summed E-state index contributed by atoms with van der Waals surface area (Å²) in [7, 11) is 0. The number of Topliss-reactive ketones (excluding diaryl/α,β-unsaturated/α-hetero) is 2. The molecule has 5 aromatic rings. The maximum absolute atomic E-state index is 13.6. The van der Waals surface area contributed by atoms with Crippen LogP contribution < -0.4 is 9.47 Å². The fourth-order valence-corrected chi connectivity index (χ4v) is 10.0. The summed E-state index contributed by atoms with van der Waals surface area (Å²) in [4.78, 5) is 45.4. The van der Waals surface area contributed by atoms with Crippen LogP contribution in [0.1, 0.15) is 70.7 Å². The lowest BCUT2D eigenvalue weighted by atomic mass is 9.88. The van der Waals surface area contributed by atoms with Gasteiger partial charge in [-0.05, 0) is 63.1 Å². The highest BCUT2D eigenvalue weighted by molar-refractivity contribution is 7.20. The number of carbonyl (C=O) groups is 2. The topological polar surface area (TPSA) is 134 Å². The zero-order chi connectivity index (χ0) is 39.3. The lowest BCUT2D eigenvalue weighted by molar-refractivity contribution is 0.100. The largest absolute Gasteiger partial charge is 0.482 e. The van der Waals surface area contributed by atoms with Gasteiger partial charge in [-0.2, -0.15) is 0 Å². The van der Waals surface area contributed by atoms with Gasteiger partial charge in [-0.1, -0.05) is 48.5 Å². The summed E-state index contributed by atoms with van der Waals surface area (Å²) in [5.74, 6) is 0.539. The first-order valence-electron chi connectivity index (χ1n) is 17.2. The summed E-state index contributed by atoms with van der Waals surface area (Å²) >= 11 is 2.76. The molecule has 0 radical (unpaired) electrons. The Balaban J connectivity index is 1.16. The molecule has 0 spiro atoms. The van der Waals surface area contributed by atoms with Crippen molar-refractivity contribution in [1.82, 2.24) is 0 Å². The Labute approximate surface area is 328 Å². The van der Waals surface area contributed by atoms with Crippen LogP contribution in [0.5, 0.6) is 11.5 Å². The number of carbonyl (C=O) groups excluding carboxylic acids is 2. The van der Waals surface area contributed by atoms with Gasteiger partial charge in [0.1, 0.15) is 44.1 Å². The Morgan fingerprint density at radius 1 is 0.625 bits per heavy atom. The van der Waals surface area contributed by atoms with E-state index in [-0.39, 0.29) is 45.5 Å². The number of ketones is 2. The fraction of sp³-hybridized carbons (Fsp3) is 0.136. The second-order valence-electron chi connectivity index (χ2n) is 14.3. The molecular formula is C44H24N6O4S2. The highest BCUT2D eigenvalue weighted by atomic mass is 32.1. The molecule has 2 aromatic heterocycles. The van der Waals surface area contributed by atoms with Crippen molar-refractivity contribution >= 4 is 66.8 Å². The third-order valence-corrected chi connectivity index (χ3v) is 12.3. The summed E-state index contributed by atoms with van der Waals surface area (Å²) < 4.78 is 13.3. The molecular weight excluding hydrogens is 741 g/mol. The third-order valence-electron chi connectivity index (χ3n) is 10.2. The van der Waals surface area contributed by atoms with Gasteiger partial charge in [0.05, 0.1) is 25.3 Å². The van der Waals surface area contributed by atoms with Crippen LogP contribution in [-0.2, 0) is 11.2 Å². The standard InChI is InChI=1S/C44H24N6O4S2/c1-43(2)27-17-33(49-37-35(29(19-45)47-5)21-11-7-9-13-23(21)39(37)51)55-41(27)25-16-32-26(15-31(25)53-43)42-28(44(3,4)54-32)18-34(56-42)50-38-36(30(20-46)48-6)22-12-8-10-14-24(22)40(38)52/h7-18H,1-4H3/b35-29+,36-30?,49-37?,50-38?. The van der Waals surface area contributed by atoms with Crippen LogP contribution in [0.15, 0.2) is 94.2 Å². The van der Waals surface area contributed by atoms with E-state index in [4.69, 9.17) is 32.6 Å². The highest BCUT2D eigenvalue weighted by Crippen LogP contribution is 2.58. The normalized spacial score (nSPS) is 19.4. The van der Waals surface area contributed by atoms with Crippen molar-refractivity contribution in [2.24, 2.45) is 9.98 Å². The Morgan fingerprint density at radius 2 is 1.00 bits per heavy atom. The van der Waals surface area contributed by atoms with Crippen LogP contribution in [-0.4, -0.2) is 23.0 Å². The molecule has 10 nitrogen and oxygen atoms in total. The predicted molar refractivity (Wildman–Crippen MR) is 214 cm³/mol. The quantitative estimate of drug-likeness (QED) is 0.130. The minimum atomic E-state index is -0.798. The summed E-state index contributed by atoms with van der Waals surface area (Å²) in [6, 6.07) is 25.4. The molecule has 2 aliphatic heterocycles. The molecule has 56 heavy (non-hydrogen) atoms. The molecule has 4 heterocycles. The molecule has 4 aliphatic rings. The SMILES string of the molecule is [C-]#[N+]C(C#N)=C1C(=Nc2cc3c(s2)-c2cc4c(cc2OC3(C)C)-c2sc(N=C3C(=O)c5ccccc5/C3=C(/C#N)[N+]#[C-])cc2C(C)(C)O4)C(=O)c2ccccc21. The number of allylic oxidation sites excluding steroid dienone is 4. The van der Waals surface area contributed by atoms with Gasteiger partial charge in [0.2, 0.25) is 11.6 Å². The number of ether oxygens (including phenoxy) is 2. The van der Waals surface area contributed by atoms with Crippen molar-refractivity contribution in [3.05, 3.63) is 140 Å². The molecule has 2 aliphatic carbocycles. The van der Waals surface area contributed by atoms with Crippen LogP contribution in [0, 0.1) is 35.8 Å². The van der Waals surface area contributed by atoms with Gasteiger partial charge in [0.15, 0.2) is 0 Å². The van der Waals surface area contributed by atoms with E-state index < -0.39 is 11.2 Å². The molecule has 0 amide bonds. The molecule has 0 N–H and O–H groups in total. The lowest BCUT2D eigenvalue weighted by Gasteiger charge is -2.36. The van der Waals surface area contributed by atoms with E-state index in [2.05, 4.69) is 9.69 Å². The minimum Gasteiger partial charge on any atom is -0.482 e. The van der Waals surface area contributed by atoms with Crippen LogP contribution in [0.25, 0.3) is 41.7 Å². The lowest BCUT2D eigenvalue weighted by Crippen LogP contribution is -2.30. The van der Waals surface area contributed by atoms with Crippen LogP contribution in [0.4, 0.5) is 10.0 Å². The zero-order valence-electron chi connectivity index (χ0n) is 30.1. The molecule has 0 unspecified atom stereocenters. The van der Waals surface area contributed by atoms with E-state index >= 15 is 0 Å². The number of nitrogens with zero attached hydrogens (tertiary/aromatic N) is 6. The Morgan fingerprint density at radius 3 is 1.36 bits per heavy atom. The average Bonchev–Trinajstić information content (AvgIpc) is 3.94. The second-order valence-corrected chi connectivity index (χ2v) is 16.4. The van der Waals surface area contributed by atoms with Crippen LogP contribution in [0.2, 0.25) is 0 Å². The third kappa shape index (κ3) is 4.95. The first kappa shape index (κ1) is 34.5. The molecule has 0 saturated carbocycles. The van der Waals surface area contributed by atoms with E-state index in [1.165, 1.54) is 22.7 Å². The number of thiophene rings is 2. The number of hydrogen-bond acceptors (Lipinski definition) is 10. The summed E-state index contributed by atoms with van der Waals surface area (Å²) in [6.07, 6.45) is 0. The number of rotatable bonds is 2. The average molecular weight is 765 g/mol. The smallest absolute Gasteiger partial charge is 0.271 e. The number of benzene rings is 3. The Bertz CT molecular complexity index is 2780. The molecule has 3 aromatic carbocycles. The van der Waals surface area contributed by atoms with Crippen LogP contribution >= 0.6 is 22.7 Å². The van der Waals surface area contributed by atoms with Crippen molar-refractivity contribution in [2.75, 3.05) is 0 Å². The first-order valence-corrected chi connectivity index (χ1v) is 18.9. The number of fused-ring (bicyclic) bond motifs is 8. The molecule has 0 saturated heterocycles. The van der Waals surface area contributed by atoms with Crippen molar-refractivity contribution in [3.63, 3.8) is 0 Å². The first-order chi connectivity index (χ1) is 26.9. The van der Waals surface area contributed by atoms with Crippen molar-refractivity contribution in [3.8, 4) is 44.5 Å². The van der Waals surface area contributed by atoms with Crippen LogP contribution in [0.3, 0.4) is 0 Å². The molecule has 0 fully saturated rings. The fourth-order valence-electron chi connectivity index (χ4n) is 7.63. The van der Waals surface area contributed by atoms with Gasteiger partial charge in [-0.25, -0.2) is 30.2 Å². The maximum atomic E-state index is 13.6. The molecule has 0 atom stereocenters. The van der Waals surface area contributed by atoms with Crippen molar-refractivity contribution < 1.29 is 19.1 Å². The number of hydrogen-bond donors (Lipinski definition) is 0. The summed E-state index contributed by atoms with van der Waals surface area (Å²) in [5, 5.41) is 20.6. The molecule has 12 heteroatoms. The monoisotopic (exact) mass is 764 g/mol. The van der Waals surface area contributed by atoms with Gasteiger partial charge in [-0.3, -0.25) is 9.59 Å². The van der Waals surface area contributed by atoms with Gasteiger partial charge in [0, 0.05) is 54.3 Å². The van der Waals surface area contributed by atoms with E-state index in [0.717, 1.165) is 32.0 Å². The number of aliphatic imine (C=N–C) groups is 2. The van der Waals surface area contributed by atoms with Crippen molar-refractivity contribution in [2.45, 2.75) is 38.9 Å². The van der Waals surface area contributed by atoms with E-state index in [1.807, 2.05) is 64.1 Å². The van der Waals surface area contributed by atoms with Gasteiger partial charge in [0.25, 0.3) is 11.4 Å². The molecule has 266 valence electrons. The minimum absolute atomic E-state index is 0.0557. The van der Waals surface area contributed by atoms with Gasteiger partial charge in [-0.15, -0.1) is 22.7 Å². The van der Waals surface area contributed by atoms with E-state index in [9.17, 15) is 20.1 Å². The zero-order valence-corrected chi connectivity index (χ0v) is 31.7. The van der Waals surface area contributed by atoms with Gasteiger partial charge < -0.3 is 9.47 Å². The summed E-state index contributed by atoms with van der Waals surface area (Å²) in [5.41, 5.74) is 3.71. The molecule has 9 rings (SSSR count).